The van der Waals surface area contributed by atoms with Gasteiger partial charge in [-0.3, -0.25) is 0 Å². The Balaban J connectivity index is 2.51. The number of methoxy groups -OCH3 is 1. The molecule has 1 heterocycles. The minimum absolute atomic E-state index is 0.0626. The van der Waals surface area contributed by atoms with Crippen molar-refractivity contribution in [3.63, 3.8) is 0 Å². The second-order valence-electron chi connectivity index (χ2n) is 6.85. The standard InChI is InChI=1S/C18H23F3O5/c1-12(9-14(22)24-4)5-6-17(23)13(2)10-16(25-7-8-26-16)11-15(17,3)18(19,20)21/h5-6,9-10,23H,7-8,11H2,1-4H3/b6-5+,12-9-/t15-,17+/m0/s1. The van der Waals surface area contributed by atoms with Crippen LogP contribution in [0, 0.1) is 5.41 Å². The Kier molecular flexibility index (Phi) is 5.43. The molecule has 5 nitrogen and oxygen atoms in total. The van der Waals surface area contributed by atoms with E-state index in [9.17, 15) is 23.1 Å². The molecular weight excluding hydrogens is 353 g/mol. The maximum Gasteiger partial charge on any atom is 0.397 e. The number of hydrogen-bond acceptors (Lipinski definition) is 5. The number of allylic oxidation sites excluding steroid dienone is 2. The van der Waals surface area contributed by atoms with Crippen LogP contribution in [0.5, 0.6) is 0 Å². The highest BCUT2D eigenvalue weighted by atomic mass is 19.4. The van der Waals surface area contributed by atoms with Crippen LogP contribution in [0.4, 0.5) is 13.2 Å². The predicted octanol–water partition coefficient (Wildman–Crippen LogP) is 3.05. The number of alkyl halides is 3. The summed E-state index contributed by atoms with van der Waals surface area (Å²) >= 11 is 0. The summed E-state index contributed by atoms with van der Waals surface area (Å²) in [7, 11) is 1.19. The maximum atomic E-state index is 14.0. The van der Waals surface area contributed by atoms with E-state index < -0.39 is 35.4 Å². The van der Waals surface area contributed by atoms with Gasteiger partial charge in [-0.25, -0.2) is 4.79 Å². The number of carbonyl (C=O) groups is 1. The lowest BCUT2D eigenvalue weighted by molar-refractivity contribution is -0.294. The molecule has 0 unspecified atom stereocenters. The Morgan fingerprint density at radius 3 is 2.42 bits per heavy atom. The third kappa shape index (κ3) is 3.45. The van der Waals surface area contributed by atoms with Gasteiger partial charge in [-0.05, 0) is 44.1 Å². The molecule has 26 heavy (non-hydrogen) atoms. The van der Waals surface area contributed by atoms with Gasteiger partial charge in [0.05, 0.1) is 20.3 Å². The van der Waals surface area contributed by atoms with Gasteiger partial charge in [0.15, 0.2) is 5.79 Å². The van der Waals surface area contributed by atoms with Gasteiger partial charge in [0.1, 0.15) is 11.0 Å². The molecule has 2 aliphatic rings. The lowest BCUT2D eigenvalue weighted by Crippen LogP contribution is -2.61. The first kappa shape index (κ1) is 20.7. The first-order valence-corrected chi connectivity index (χ1v) is 8.12. The van der Waals surface area contributed by atoms with Gasteiger partial charge >= 0.3 is 12.1 Å². The third-order valence-corrected chi connectivity index (χ3v) is 5.01. The van der Waals surface area contributed by atoms with E-state index in [1.165, 1.54) is 33.1 Å². The molecule has 0 saturated carbocycles. The van der Waals surface area contributed by atoms with Gasteiger partial charge in [-0.15, -0.1) is 0 Å². The van der Waals surface area contributed by atoms with Crippen molar-refractivity contribution in [2.45, 2.75) is 44.8 Å². The Morgan fingerprint density at radius 2 is 1.92 bits per heavy atom. The van der Waals surface area contributed by atoms with Crippen LogP contribution in [0.2, 0.25) is 0 Å². The van der Waals surface area contributed by atoms with E-state index in [1.807, 2.05) is 0 Å². The van der Waals surface area contributed by atoms with Crippen LogP contribution in [0.3, 0.4) is 0 Å². The number of esters is 1. The van der Waals surface area contributed by atoms with Gasteiger partial charge in [-0.2, -0.15) is 13.2 Å². The zero-order valence-corrected chi connectivity index (χ0v) is 15.1. The molecule has 1 aliphatic carbocycles. The Labute approximate surface area is 150 Å². The Bertz CT molecular complexity index is 658. The number of aliphatic hydroxyl groups is 1. The molecule has 0 amide bonds. The second kappa shape index (κ2) is 6.83. The van der Waals surface area contributed by atoms with Gasteiger partial charge in [0, 0.05) is 12.5 Å². The molecule has 2 atom stereocenters. The normalized spacial score (nSPS) is 32.2. The largest absolute Gasteiger partial charge is 0.466 e. The molecule has 1 fully saturated rings. The van der Waals surface area contributed by atoms with Crippen molar-refractivity contribution in [1.29, 1.82) is 0 Å². The van der Waals surface area contributed by atoms with E-state index in [0.717, 1.165) is 19.1 Å². The highest BCUT2D eigenvalue weighted by molar-refractivity contribution is 5.83. The van der Waals surface area contributed by atoms with Crippen LogP contribution in [-0.2, 0) is 19.0 Å². The van der Waals surface area contributed by atoms with Crippen LogP contribution < -0.4 is 0 Å². The number of carbonyl (C=O) groups excluding carboxylic acids is 1. The summed E-state index contributed by atoms with van der Waals surface area (Å²) in [5.41, 5.74) is -4.47. The highest BCUT2D eigenvalue weighted by Gasteiger charge is 2.68. The first-order valence-electron chi connectivity index (χ1n) is 8.12. The smallest absolute Gasteiger partial charge is 0.397 e. The minimum atomic E-state index is -4.73. The maximum absolute atomic E-state index is 14.0. The molecule has 0 bridgehead atoms. The van der Waals surface area contributed by atoms with Crippen molar-refractivity contribution in [1.82, 2.24) is 0 Å². The van der Waals surface area contributed by atoms with Crippen LogP contribution in [-0.4, -0.2) is 49.0 Å². The number of hydrogen-bond donors (Lipinski definition) is 1. The quantitative estimate of drug-likeness (QED) is 0.355. The molecule has 1 N–H and O–H groups in total. The van der Waals surface area contributed by atoms with Crippen molar-refractivity contribution >= 4 is 5.97 Å². The summed E-state index contributed by atoms with van der Waals surface area (Å²) < 4.78 is 57.3. The summed E-state index contributed by atoms with van der Waals surface area (Å²) in [4.78, 5) is 11.3. The van der Waals surface area contributed by atoms with Crippen molar-refractivity contribution in [3.8, 4) is 0 Å². The fourth-order valence-electron chi connectivity index (χ4n) is 3.39. The van der Waals surface area contributed by atoms with Crippen LogP contribution in [0.25, 0.3) is 0 Å². The number of halogens is 3. The van der Waals surface area contributed by atoms with Crippen LogP contribution >= 0.6 is 0 Å². The molecule has 0 radical (unpaired) electrons. The minimum Gasteiger partial charge on any atom is -0.466 e. The number of ether oxygens (including phenoxy) is 3. The zero-order valence-electron chi connectivity index (χ0n) is 15.1. The summed E-state index contributed by atoms with van der Waals surface area (Å²) in [6.07, 6.45) is -0.463. The van der Waals surface area contributed by atoms with Gasteiger partial charge in [-0.1, -0.05) is 6.08 Å². The van der Waals surface area contributed by atoms with Gasteiger partial charge < -0.3 is 19.3 Å². The fourth-order valence-corrected chi connectivity index (χ4v) is 3.39. The zero-order chi connectivity index (χ0) is 19.8. The van der Waals surface area contributed by atoms with E-state index in [0.29, 0.717) is 5.57 Å². The molecule has 1 saturated heterocycles. The lowest BCUT2D eigenvalue weighted by Gasteiger charge is -2.51. The van der Waals surface area contributed by atoms with Crippen molar-refractivity contribution in [2.75, 3.05) is 20.3 Å². The van der Waals surface area contributed by atoms with Crippen molar-refractivity contribution in [2.24, 2.45) is 5.41 Å². The molecule has 0 aromatic heterocycles. The highest BCUT2D eigenvalue weighted by Crippen LogP contribution is 2.58. The van der Waals surface area contributed by atoms with Gasteiger partial charge in [0.25, 0.3) is 0 Å². The third-order valence-electron chi connectivity index (χ3n) is 5.01. The van der Waals surface area contributed by atoms with E-state index in [-0.39, 0.29) is 18.8 Å². The van der Waals surface area contributed by atoms with E-state index >= 15 is 0 Å². The molecule has 2 rings (SSSR count). The lowest BCUT2D eigenvalue weighted by atomic mass is 9.61. The molecule has 1 spiro atoms. The van der Waals surface area contributed by atoms with Crippen LogP contribution in [0.1, 0.15) is 27.2 Å². The molecule has 0 aromatic carbocycles. The predicted molar refractivity (Wildman–Crippen MR) is 87.0 cm³/mol. The Hall–Kier alpha value is -1.64. The monoisotopic (exact) mass is 376 g/mol. The molecule has 0 aromatic rings. The second-order valence-corrected chi connectivity index (χ2v) is 6.85. The Morgan fingerprint density at radius 1 is 1.35 bits per heavy atom. The van der Waals surface area contributed by atoms with Crippen molar-refractivity contribution < 1.29 is 37.3 Å². The molecular formula is C18H23F3O5. The molecule has 146 valence electrons. The number of rotatable bonds is 3. The summed E-state index contributed by atoms with van der Waals surface area (Å²) in [6.45, 7) is 4.24. The average molecular weight is 376 g/mol. The van der Waals surface area contributed by atoms with E-state index in [1.54, 1.807) is 0 Å². The van der Waals surface area contributed by atoms with Crippen molar-refractivity contribution in [3.05, 3.63) is 35.5 Å². The first-order chi connectivity index (χ1) is 11.9. The SMILES string of the molecule is COC(=O)/C=C(C)\C=C\[C@@]1(O)C(C)=CC2(C[C@]1(C)C(F)(F)F)OCCO2. The molecule has 1 aliphatic heterocycles. The molecule has 8 heteroatoms. The van der Waals surface area contributed by atoms with E-state index in [2.05, 4.69) is 4.74 Å². The average Bonchev–Trinajstić information content (AvgIpc) is 2.97. The fraction of sp³-hybridized carbons (Fsp3) is 0.611. The topological polar surface area (TPSA) is 65.0 Å². The van der Waals surface area contributed by atoms with Crippen LogP contribution in [0.15, 0.2) is 35.5 Å². The summed E-state index contributed by atoms with van der Waals surface area (Å²) in [5, 5.41) is 11.0. The summed E-state index contributed by atoms with van der Waals surface area (Å²) in [6, 6.07) is 0. The van der Waals surface area contributed by atoms with Gasteiger partial charge in [0.2, 0.25) is 0 Å². The van der Waals surface area contributed by atoms with E-state index in [4.69, 9.17) is 9.47 Å². The summed E-state index contributed by atoms with van der Waals surface area (Å²) in [5.74, 6) is -2.13.